The molecular formula is C13H27N3O. The normalized spacial score (nSPS) is 27.8. The Bertz CT molecular complexity index is 243. The SMILES string of the molecule is CC(N)CCCC(=O)NC1CCN(C)CC1C. The van der Waals surface area contributed by atoms with Gasteiger partial charge < -0.3 is 16.0 Å². The van der Waals surface area contributed by atoms with Crippen molar-refractivity contribution in [2.75, 3.05) is 20.1 Å². The highest BCUT2D eigenvalue weighted by molar-refractivity contribution is 5.76. The maximum Gasteiger partial charge on any atom is 0.220 e. The average Bonchev–Trinajstić information content (AvgIpc) is 2.21. The minimum Gasteiger partial charge on any atom is -0.353 e. The van der Waals surface area contributed by atoms with E-state index in [1.165, 1.54) is 0 Å². The molecule has 1 aliphatic rings. The summed E-state index contributed by atoms with van der Waals surface area (Å²) >= 11 is 0. The van der Waals surface area contributed by atoms with Crippen molar-refractivity contribution in [1.82, 2.24) is 10.2 Å². The third kappa shape index (κ3) is 5.50. The van der Waals surface area contributed by atoms with Gasteiger partial charge in [0, 0.05) is 25.0 Å². The number of likely N-dealkylation sites (tertiary alicyclic amines) is 1. The van der Waals surface area contributed by atoms with Gasteiger partial charge in [-0.3, -0.25) is 4.79 Å². The molecule has 3 atom stereocenters. The minimum absolute atomic E-state index is 0.187. The van der Waals surface area contributed by atoms with Gasteiger partial charge in [0.15, 0.2) is 0 Å². The van der Waals surface area contributed by atoms with E-state index in [1.807, 2.05) is 6.92 Å². The summed E-state index contributed by atoms with van der Waals surface area (Å²) in [7, 11) is 2.14. The first-order valence-corrected chi connectivity index (χ1v) is 6.72. The van der Waals surface area contributed by atoms with Crippen LogP contribution in [0.15, 0.2) is 0 Å². The zero-order chi connectivity index (χ0) is 12.8. The molecule has 3 unspecified atom stereocenters. The van der Waals surface area contributed by atoms with E-state index in [9.17, 15) is 4.79 Å². The van der Waals surface area contributed by atoms with Gasteiger partial charge in [-0.2, -0.15) is 0 Å². The van der Waals surface area contributed by atoms with Gasteiger partial charge in [-0.05, 0) is 45.7 Å². The minimum atomic E-state index is 0.187. The lowest BCUT2D eigenvalue weighted by Crippen LogP contribution is -2.48. The van der Waals surface area contributed by atoms with Crippen molar-refractivity contribution in [3.8, 4) is 0 Å². The summed E-state index contributed by atoms with van der Waals surface area (Å²) < 4.78 is 0. The van der Waals surface area contributed by atoms with Crippen LogP contribution in [0.5, 0.6) is 0 Å². The summed E-state index contributed by atoms with van der Waals surface area (Å²) in [5.74, 6) is 0.734. The molecule has 1 amide bonds. The van der Waals surface area contributed by atoms with Crippen LogP contribution in [0.3, 0.4) is 0 Å². The zero-order valence-electron chi connectivity index (χ0n) is 11.4. The monoisotopic (exact) mass is 241 g/mol. The standard InChI is InChI=1S/C13H27N3O/c1-10-9-16(3)8-7-12(10)15-13(17)6-4-5-11(2)14/h10-12H,4-9,14H2,1-3H3,(H,15,17). The number of hydrogen-bond donors (Lipinski definition) is 2. The van der Waals surface area contributed by atoms with Crippen LogP contribution in [0, 0.1) is 5.92 Å². The van der Waals surface area contributed by atoms with Crippen molar-refractivity contribution in [2.24, 2.45) is 11.7 Å². The molecule has 1 fully saturated rings. The molecule has 1 aliphatic heterocycles. The molecule has 0 aromatic rings. The predicted octanol–water partition coefficient (Wildman–Crippen LogP) is 0.960. The van der Waals surface area contributed by atoms with E-state index in [-0.39, 0.29) is 11.9 Å². The van der Waals surface area contributed by atoms with Crippen molar-refractivity contribution < 1.29 is 4.79 Å². The van der Waals surface area contributed by atoms with Crippen LogP contribution in [0.2, 0.25) is 0 Å². The number of nitrogens with one attached hydrogen (secondary N) is 1. The zero-order valence-corrected chi connectivity index (χ0v) is 11.4. The number of hydrogen-bond acceptors (Lipinski definition) is 3. The van der Waals surface area contributed by atoms with Gasteiger partial charge in [-0.25, -0.2) is 0 Å². The summed E-state index contributed by atoms with van der Waals surface area (Å²) in [6.45, 7) is 6.35. The Morgan fingerprint density at radius 2 is 2.29 bits per heavy atom. The summed E-state index contributed by atoms with van der Waals surface area (Å²) in [6, 6.07) is 0.555. The highest BCUT2D eigenvalue weighted by Gasteiger charge is 2.25. The van der Waals surface area contributed by atoms with Crippen LogP contribution < -0.4 is 11.1 Å². The lowest BCUT2D eigenvalue weighted by Gasteiger charge is -2.35. The highest BCUT2D eigenvalue weighted by atomic mass is 16.1. The first-order valence-electron chi connectivity index (χ1n) is 6.72. The maximum absolute atomic E-state index is 11.8. The lowest BCUT2D eigenvalue weighted by molar-refractivity contribution is -0.122. The molecule has 0 aliphatic carbocycles. The fourth-order valence-corrected chi connectivity index (χ4v) is 2.43. The Morgan fingerprint density at radius 3 is 2.88 bits per heavy atom. The van der Waals surface area contributed by atoms with Gasteiger partial charge in [-0.15, -0.1) is 0 Å². The van der Waals surface area contributed by atoms with Crippen molar-refractivity contribution in [2.45, 2.75) is 51.6 Å². The molecule has 4 nitrogen and oxygen atoms in total. The molecule has 0 saturated carbocycles. The second-order valence-corrected chi connectivity index (χ2v) is 5.57. The number of carbonyl (C=O) groups is 1. The van der Waals surface area contributed by atoms with Crippen LogP contribution in [0.25, 0.3) is 0 Å². The van der Waals surface area contributed by atoms with Gasteiger partial charge in [-0.1, -0.05) is 6.92 Å². The van der Waals surface area contributed by atoms with E-state index in [0.717, 1.165) is 32.4 Å². The van der Waals surface area contributed by atoms with Crippen molar-refractivity contribution in [3.05, 3.63) is 0 Å². The molecule has 3 N–H and O–H groups in total. The quantitative estimate of drug-likeness (QED) is 0.754. The molecule has 0 radical (unpaired) electrons. The lowest BCUT2D eigenvalue weighted by atomic mass is 9.94. The van der Waals surface area contributed by atoms with Gasteiger partial charge >= 0.3 is 0 Å². The highest BCUT2D eigenvalue weighted by Crippen LogP contribution is 2.15. The van der Waals surface area contributed by atoms with Crippen LogP contribution in [0.4, 0.5) is 0 Å². The van der Waals surface area contributed by atoms with Gasteiger partial charge in [0.05, 0.1) is 0 Å². The molecule has 0 spiro atoms. The molecular weight excluding hydrogens is 214 g/mol. The van der Waals surface area contributed by atoms with Gasteiger partial charge in [0.2, 0.25) is 5.91 Å². The first kappa shape index (κ1) is 14.5. The second-order valence-electron chi connectivity index (χ2n) is 5.57. The molecule has 0 aromatic carbocycles. The summed E-state index contributed by atoms with van der Waals surface area (Å²) in [4.78, 5) is 14.1. The largest absolute Gasteiger partial charge is 0.353 e. The molecule has 100 valence electrons. The van der Waals surface area contributed by atoms with E-state index < -0.39 is 0 Å². The molecule has 4 heteroatoms. The Kier molecular flexibility index (Phi) is 5.92. The number of amides is 1. The number of nitrogens with zero attached hydrogens (tertiary/aromatic N) is 1. The summed E-state index contributed by atoms with van der Waals surface area (Å²) in [5.41, 5.74) is 5.66. The van der Waals surface area contributed by atoms with Crippen LogP contribution in [-0.4, -0.2) is 43.0 Å². The first-order chi connectivity index (χ1) is 7.99. The third-order valence-corrected chi connectivity index (χ3v) is 3.52. The maximum atomic E-state index is 11.8. The molecule has 1 saturated heterocycles. The number of piperidine rings is 1. The Balaban J connectivity index is 2.21. The Labute approximate surface area is 105 Å². The molecule has 17 heavy (non-hydrogen) atoms. The number of carbonyl (C=O) groups excluding carboxylic acids is 1. The summed E-state index contributed by atoms with van der Waals surface area (Å²) in [5, 5.41) is 3.16. The number of nitrogens with two attached hydrogens (primary N) is 1. The van der Waals surface area contributed by atoms with Crippen LogP contribution in [-0.2, 0) is 4.79 Å². The smallest absolute Gasteiger partial charge is 0.220 e. The average molecular weight is 241 g/mol. The van der Waals surface area contributed by atoms with Gasteiger partial charge in [0.1, 0.15) is 0 Å². The van der Waals surface area contributed by atoms with Crippen LogP contribution >= 0.6 is 0 Å². The summed E-state index contributed by atoms with van der Waals surface area (Å²) in [6.07, 6.45) is 3.50. The van der Waals surface area contributed by atoms with E-state index in [2.05, 4.69) is 24.2 Å². The third-order valence-electron chi connectivity index (χ3n) is 3.52. The number of rotatable bonds is 5. The molecule has 0 aromatic heterocycles. The van der Waals surface area contributed by atoms with E-state index in [1.54, 1.807) is 0 Å². The van der Waals surface area contributed by atoms with Crippen LogP contribution in [0.1, 0.15) is 39.5 Å². The molecule has 0 bridgehead atoms. The topological polar surface area (TPSA) is 58.4 Å². The molecule has 1 rings (SSSR count). The fraction of sp³-hybridized carbons (Fsp3) is 0.923. The fourth-order valence-electron chi connectivity index (χ4n) is 2.43. The van der Waals surface area contributed by atoms with E-state index in [4.69, 9.17) is 5.73 Å². The molecule has 1 heterocycles. The van der Waals surface area contributed by atoms with Gasteiger partial charge in [0.25, 0.3) is 0 Å². The van der Waals surface area contributed by atoms with Crippen molar-refractivity contribution in [1.29, 1.82) is 0 Å². The van der Waals surface area contributed by atoms with Crippen molar-refractivity contribution >= 4 is 5.91 Å². The predicted molar refractivity (Wildman–Crippen MR) is 70.7 cm³/mol. The van der Waals surface area contributed by atoms with Crippen molar-refractivity contribution in [3.63, 3.8) is 0 Å². The van der Waals surface area contributed by atoms with E-state index in [0.29, 0.717) is 18.4 Å². The second kappa shape index (κ2) is 6.97. The van der Waals surface area contributed by atoms with E-state index >= 15 is 0 Å². The Hall–Kier alpha value is -0.610. The Morgan fingerprint density at radius 1 is 1.59 bits per heavy atom.